The maximum Gasteiger partial charge on any atom is 0.471 e. The van der Waals surface area contributed by atoms with Gasteiger partial charge in [-0.25, -0.2) is 0 Å². The molecule has 0 radical (unpaired) electrons. The fraction of sp³-hybridized carbons (Fsp3) is 0.500. The molecule has 5 nitrogen and oxygen atoms in total. The Morgan fingerprint density at radius 2 is 1.68 bits per heavy atom. The molecule has 0 aromatic heterocycles. The standard InChI is InChI=1S/C16H18ClF3N2O3/c17-12-4-1-2-5-13(12)25-11-3-6-14(23)21-7-9-22(10-8-21)15(24)16(18,19)20/h1-2,4-5H,3,6-11H2. The average molecular weight is 379 g/mol. The number of hydrogen-bond donors (Lipinski definition) is 0. The van der Waals surface area contributed by atoms with Gasteiger partial charge in [0, 0.05) is 32.6 Å². The predicted octanol–water partition coefficient (Wildman–Crippen LogP) is 2.73. The van der Waals surface area contributed by atoms with Gasteiger partial charge in [0.25, 0.3) is 0 Å². The molecule has 1 aliphatic rings. The van der Waals surface area contributed by atoms with E-state index >= 15 is 0 Å². The molecule has 0 atom stereocenters. The number of carbonyl (C=O) groups excluding carboxylic acids is 2. The second kappa shape index (κ2) is 8.42. The first kappa shape index (κ1) is 19.4. The lowest BCUT2D eigenvalue weighted by atomic mass is 10.2. The van der Waals surface area contributed by atoms with Crippen molar-refractivity contribution >= 4 is 23.4 Å². The van der Waals surface area contributed by atoms with Gasteiger partial charge in [-0.3, -0.25) is 9.59 Å². The second-order valence-corrected chi connectivity index (χ2v) is 5.96. The van der Waals surface area contributed by atoms with Gasteiger partial charge in [0.1, 0.15) is 5.75 Å². The average Bonchev–Trinajstić information content (AvgIpc) is 2.58. The van der Waals surface area contributed by atoms with Crippen LogP contribution in [0, 0.1) is 0 Å². The Balaban J connectivity index is 1.69. The summed E-state index contributed by atoms with van der Waals surface area (Å²) in [5.41, 5.74) is 0. The summed E-state index contributed by atoms with van der Waals surface area (Å²) in [7, 11) is 0. The zero-order valence-electron chi connectivity index (χ0n) is 13.4. The number of para-hydroxylation sites is 1. The van der Waals surface area contributed by atoms with E-state index in [1.165, 1.54) is 4.90 Å². The maximum absolute atomic E-state index is 12.4. The zero-order valence-corrected chi connectivity index (χ0v) is 14.1. The summed E-state index contributed by atoms with van der Waals surface area (Å²) in [6.45, 7) is 0.292. The van der Waals surface area contributed by atoms with E-state index in [1.807, 2.05) is 0 Å². The van der Waals surface area contributed by atoms with Crippen molar-refractivity contribution in [1.82, 2.24) is 9.80 Å². The van der Waals surface area contributed by atoms with Crippen LogP contribution in [-0.4, -0.2) is 60.6 Å². The Kier molecular flexibility index (Phi) is 6.52. The van der Waals surface area contributed by atoms with Crippen LogP contribution in [0.3, 0.4) is 0 Å². The number of rotatable bonds is 5. The first-order valence-electron chi connectivity index (χ1n) is 7.80. The van der Waals surface area contributed by atoms with Crippen LogP contribution in [0.5, 0.6) is 5.75 Å². The van der Waals surface area contributed by atoms with Gasteiger partial charge in [-0.1, -0.05) is 23.7 Å². The van der Waals surface area contributed by atoms with Crippen molar-refractivity contribution in [2.75, 3.05) is 32.8 Å². The third kappa shape index (κ3) is 5.52. The minimum Gasteiger partial charge on any atom is -0.492 e. The number of carbonyl (C=O) groups is 2. The maximum atomic E-state index is 12.4. The lowest BCUT2D eigenvalue weighted by molar-refractivity contribution is -0.187. The Bertz CT molecular complexity index is 617. The molecule has 25 heavy (non-hydrogen) atoms. The molecule has 2 rings (SSSR count). The second-order valence-electron chi connectivity index (χ2n) is 5.55. The number of halogens is 4. The van der Waals surface area contributed by atoms with Gasteiger partial charge in [-0.2, -0.15) is 13.2 Å². The van der Waals surface area contributed by atoms with E-state index in [-0.39, 0.29) is 38.5 Å². The van der Waals surface area contributed by atoms with Crippen molar-refractivity contribution in [2.24, 2.45) is 0 Å². The van der Waals surface area contributed by atoms with Crippen LogP contribution in [0.1, 0.15) is 12.8 Å². The van der Waals surface area contributed by atoms with Crippen molar-refractivity contribution in [3.63, 3.8) is 0 Å². The van der Waals surface area contributed by atoms with Crippen LogP contribution in [0.15, 0.2) is 24.3 Å². The van der Waals surface area contributed by atoms with Gasteiger partial charge in [-0.05, 0) is 18.6 Å². The number of piperazine rings is 1. The molecule has 0 N–H and O–H groups in total. The fourth-order valence-electron chi connectivity index (χ4n) is 2.46. The highest BCUT2D eigenvalue weighted by Crippen LogP contribution is 2.23. The van der Waals surface area contributed by atoms with E-state index < -0.39 is 12.1 Å². The summed E-state index contributed by atoms with van der Waals surface area (Å²) in [5.74, 6) is -1.48. The quantitative estimate of drug-likeness (QED) is 0.740. The highest BCUT2D eigenvalue weighted by atomic mass is 35.5. The molecule has 0 unspecified atom stereocenters. The van der Waals surface area contributed by atoms with Crippen molar-refractivity contribution in [1.29, 1.82) is 0 Å². The van der Waals surface area contributed by atoms with E-state index in [0.29, 0.717) is 23.8 Å². The predicted molar refractivity (Wildman–Crippen MR) is 85.4 cm³/mol. The van der Waals surface area contributed by atoms with Crippen LogP contribution in [-0.2, 0) is 9.59 Å². The minimum atomic E-state index is -4.87. The number of alkyl halides is 3. The summed E-state index contributed by atoms with van der Waals surface area (Å²) in [5, 5.41) is 0.485. The van der Waals surface area contributed by atoms with Crippen molar-refractivity contribution in [2.45, 2.75) is 19.0 Å². The van der Waals surface area contributed by atoms with E-state index in [2.05, 4.69) is 0 Å². The van der Waals surface area contributed by atoms with Crippen LogP contribution in [0.2, 0.25) is 5.02 Å². The Labute approximate surface area is 148 Å². The molecule has 1 aliphatic heterocycles. The Morgan fingerprint density at radius 1 is 1.08 bits per heavy atom. The van der Waals surface area contributed by atoms with Gasteiger partial charge >= 0.3 is 12.1 Å². The number of hydrogen-bond acceptors (Lipinski definition) is 3. The van der Waals surface area contributed by atoms with Gasteiger partial charge in [-0.15, -0.1) is 0 Å². The van der Waals surface area contributed by atoms with Gasteiger partial charge in [0.05, 0.1) is 11.6 Å². The third-order valence-electron chi connectivity index (χ3n) is 3.79. The summed E-state index contributed by atoms with van der Waals surface area (Å²) in [6.07, 6.45) is -4.19. The summed E-state index contributed by atoms with van der Waals surface area (Å²) < 4.78 is 42.6. The summed E-state index contributed by atoms with van der Waals surface area (Å²) in [6, 6.07) is 6.99. The van der Waals surface area contributed by atoms with E-state index in [1.54, 1.807) is 24.3 Å². The summed E-state index contributed by atoms with van der Waals surface area (Å²) >= 11 is 5.95. The van der Waals surface area contributed by atoms with Crippen LogP contribution in [0.4, 0.5) is 13.2 Å². The first-order chi connectivity index (χ1) is 11.8. The molecule has 2 amide bonds. The number of nitrogens with zero attached hydrogens (tertiary/aromatic N) is 2. The molecule has 1 aromatic carbocycles. The molecule has 138 valence electrons. The highest BCUT2D eigenvalue weighted by molar-refractivity contribution is 6.32. The molecule has 9 heteroatoms. The molecule has 1 saturated heterocycles. The van der Waals surface area contributed by atoms with Gasteiger partial charge < -0.3 is 14.5 Å². The number of benzene rings is 1. The van der Waals surface area contributed by atoms with Crippen molar-refractivity contribution in [3.05, 3.63) is 29.3 Å². The monoisotopic (exact) mass is 378 g/mol. The smallest absolute Gasteiger partial charge is 0.471 e. The topological polar surface area (TPSA) is 49.9 Å². The third-order valence-corrected chi connectivity index (χ3v) is 4.10. The first-order valence-corrected chi connectivity index (χ1v) is 8.18. The normalized spacial score (nSPS) is 15.2. The van der Waals surface area contributed by atoms with Gasteiger partial charge in [0.2, 0.25) is 5.91 Å². The van der Waals surface area contributed by atoms with Crippen LogP contribution in [0.25, 0.3) is 0 Å². The van der Waals surface area contributed by atoms with E-state index in [4.69, 9.17) is 16.3 Å². The number of ether oxygens (including phenoxy) is 1. The Morgan fingerprint density at radius 3 is 2.28 bits per heavy atom. The molecule has 0 spiro atoms. The van der Waals surface area contributed by atoms with Crippen LogP contribution >= 0.6 is 11.6 Å². The van der Waals surface area contributed by atoms with Crippen LogP contribution < -0.4 is 4.74 Å². The number of amides is 2. The zero-order chi connectivity index (χ0) is 18.4. The van der Waals surface area contributed by atoms with Gasteiger partial charge in [0.15, 0.2) is 0 Å². The van der Waals surface area contributed by atoms with E-state index in [0.717, 1.165) is 4.90 Å². The lowest BCUT2D eigenvalue weighted by Gasteiger charge is -2.35. The summed E-state index contributed by atoms with van der Waals surface area (Å²) in [4.78, 5) is 25.4. The Hall–Kier alpha value is -1.96. The fourth-order valence-corrected chi connectivity index (χ4v) is 2.65. The molecule has 0 saturated carbocycles. The SMILES string of the molecule is O=C(CCCOc1ccccc1Cl)N1CCN(C(=O)C(F)(F)F)CC1. The molecule has 1 fully saturated rings. The largest absolute Gasteiger partial charge is 0.492 e. The molecule has 0 bridgehead atoms. The lowest BCUT2D eigenvalue weighted by Crippen LogP contribution is -2.53. The molecular formula is C16H18ClF3N2O3. The van der Waals surface area contributed by atoms with Crippen molar-refractivity contribution in [3.8, 4) is 5.75 Å². The molecular weight excluding hydrogens is 361 g/mol. The van der Waals surface area contributed by atoms with E-state index in [9.17, 15) is 22.8 Å². The molecule has 1 aromatic rings. The molecule has 0 aliphatic carbocycles. The van der Waals surface area contributed by atoms with Crippen molar-refractivity contribution < 1.29 is 27.5 Å². The molecule has 1 heterocycles. The minimum absolute atomic E-state index is 0.103. The highest BCUT2D eigenvalue weighted by Gasteiger charge is 2.43.